The smallest absolute Gasteiger partial charge is 0.227 e. The molecule has 4 fully saturated rings. The van der Waals surface area contributed by atoms with Gasteiger partial charge in [-0.1, -0.05) is 77.0 Å². The van der Waals surface area contributed by atoms with Crippen LogP contribution in [0.1, 0.15) is 128 Å². The number of hydrogen-bond donors (Lipinski definition) is 1. The van der Waals surface area contributed by atoms with Crippen molar-refractivity contribution < 1.29 is 4.79 Å². The van der Waals surface area contributed by atoms with Gasteiger partial charge in [-0.2, -0.15) is 0 Å². The summed E-state index contributed by atoms with van der Waals surface area (Å²) in [6, 6.07) is 0.469. The first-order valence-electron chi connectivity index (χ1n) is 13.1. The van der Waals surface area contributed by atoms with Crippen LogP contribution in [0.2, 0.25) is 0 Å². The Morgan fingerprint density at radius 2 is 0.821 bits per heavy atom. The second-order valence-corrected chi connectivity index (χ2v) is 10.7. The second kappa shape index (κ2) is 9.98. The summed E-state index contributed by atoms with van der Waals surface area (Å²) in [6.07, 6.45) is 26.8. The van der Waals surface area contributed by atoms with Crippen molar-refractivity contribution in [3.8, 4) is 0 Å². The molecule has 0 aromatic carbocycles. The molecule has 0 saturated heterocycles. The SMILES string of the molecule is O=C(NC1CCCCC1)C(C1CCCCC1)(C1CCCCC1)C1CCCCC1. The van der Waals surface area contributed by atoms with Gasteiger partial charge in [-0.15, -0.1) is 0 Å². The Morgan fingerprint density at radius 1 is 0.500 bits per heavy atom. The van der Waals surface area contributed by atoms with Crippen LogP contribution in [0.15, 0.2) is 0 Å². The van der Waals surface area contributed by atoms with Crippen LogP contribution in [0.25, 0.3) is 0 Å². The summed E-state index contributed by atoms with van der Waals surface area (Å²) in [7, 11) is 0. The fraction of sp³-hybridized carbons (Fsp3) is 0.962. The molecule has 0 atom stereocenters. The third kappa shape index (κ3) is 4.31. The molecule has 1 N–H and O–H groups in total. The molecular weight excluding hydrogens is 342 g/mol. The third-order valence-electron chi connectivity index (χ3n) is 9.18. The molecule has 4 aliphatic rings. The van der Waals surface area contributed by atoms with Crippen LogP contribution in [0, 0.1) is 23.2 Å². The van der Waals surface area contributed by atoms with Crippen molar-refractivity contribution in [1.82, 2.24) is 5.32 Å². The van der Waals surface area contributed by atoms with Gasteiger partial charge in [-0.3, -0.25) is 4.79 Å². The highest BCUT2D eigenvalue weighted by molar-refractivity contribution is 5.84. The number of hydrogen-bond acceptors (Lipinski definition) is 1. The molecular formula is C26H45NO. The molecule has 0 aromatic heterocycles. The molecule has 0 heterocycles. The number of amides is 1. The van der Waals surface area contributed by atoms with Gasteiger partial charge in [0.2, 0.25) is 5.91 Å². The van der Waals surface area contributed by atoms with Crippen molar-refractivity contribution in [2.24, 2.45) is 23.2 Å². The molecule has 0 bridgehead atoms. The van der Waals surface area contributed by atoms with Crippen LogP contribution in [0.3, 0.4) is 0 Å². The van der Waals surface area contributed by atoms with Crippen molar-refractivity contribution in [2.45, 2.75) is 134 Å². The van der Waals surface area contributed by atoms with Crippen LogP contribution < -0.4 is 5.32 Å². The maximum Gasteiger partial charge on any atom is 0.227 e. The van der Waals surface area contributed by atoms with Gasteiger partial charge in [0, 0.05) is 6.04 Å². The van der Waals surface area contributed by atoms with Crippen molar-refractivity contribution in [1.29, 1.82) is 0 Å². The van der Waals surface area contributed by atoms with E-state index in [1.54, 1.807) is 0 Å². The Kier molecular flexibility index (Phi) is 7.39. The Labute approximate surface area is 174 Å². The zero-order valence-electron chi connectivity index (χ0n) is 18.4. The Morgan fingerprint density at radius 3 is 1.18 bits per heavy atom. The lowest BCUT2D eigenvalue weighted by Gasteiger charge is -2.54. The highest BCUT2D eigenvalue weighted by Crippen LogP contribution is 2.57. The van der Waals surface area contributed by atoms with E-state index in [1.807, 2.05) is 0 Å². The predicted octanol–water partition coefficient (Wildman–Crippen LogP) is 7.16. The fourth-order valence-electron chi connectivity index (χ4n) is 7.85. The highest BCUT2D eigenvalue weighted by atomic mass is 16.2. The van der Waals surface area contributed by atoms with E-state index in [-0.39, 0.29) is 5.41 Å². The van der Waals surface area contributed by atoms with E-state index in [2.05, 4.69) is 5.32 Å². The fourth-order valence-corrected chi connectivity index (χ4v) is 7.85. The van der Waals surface area contributed by atoms with Crippen LogP contribution in [-0.2, 0) is 4.79 Å². The average molecular weight is 388 g/mol. The van der Waals surface area contributed by atoms with E-state index in [9.17, 15) is 4.79 Å². The summed E-state index contributed by atoms with van der Waals surface area (Å²) in [5.74, 6) is 2.52. The van der Waals surface area contributed by atoms with E-state index >= 15 is 0 Å². The van der Waals surface area contributed by atoms with Gasteiger partial charge in [-0.05, 0) is 69.1 Å². The van der Waals surface area contributed by atoms with Gasteiger partial charge < -0.3 is 5.32 Å². The summed E-state index contributed by atoms with van der Waals surface area (Å²) >= 11 is 0. The lowest BCUT2D eigenvalue weighted by molar-refractivity contribution is -0.151. The maximum absolute atomic E-state index is 14.3. The summed E-state index contributed by atoms with van der Waals surface area (Å²) in [4.78, 5) is 14.3. The quantitative estimate of drug-likeness (QED) is 0.532. The topological polar surface area (TPSA) is 29.1 Å². The first-order valence-corrected chi connectivity index (χ1v) is 13.1. The van der Waals surface area contributed by atoms with E-state index in [0.29, 0.717) is 29.7 Å². The molecule has 2 heteroatoms. The van der Waals surface area contributed by atoms with Crippen molar-refractivity contribution in [2.75, 3.05) is 0 Å². The molecule has 0 unspecified atom stereocenters. The van der Waals surface area contributed by atoms with E-state index in [1.165, 1.54) is 128 Å². The van der Waals surface area contributed by atoms with Gasteiger partial charge in [0.25, 0.3) is 0 Å². The molecule has 4 aliphatic carbocycles. The van der Waals surface area contributed by atoms with Gasteiger partial charge in [-0.25, -0.2) is 0 Å². The highest BCUT2D eigenvalue weighted by Gasteiger charge is 2.55. The molecule has 1 amide bonds. The maximum atomic E-state index is 14.3. The minimum absolute atomic E-state index is 0.0291. The van der Waals surface area contributed by atoms with Crippen molar-refractivity contribution >= 4 is 5.91 Å². The Bertz CT molecular complexity index is 431. The molecule has 4 rings (SSSR count). The number of carbonyl (C=O) groups excluding carboxylic acids is 1. The molecule has 2 nitrogen and oxygen atoms in total. The molecule has 0 aliphatic heterocycles. The normalized spacial score (nSPS) is 27.6. The first kappa shape index (κ1) is 20.7. The number of rotatable bonds is 5. The van der Waals surface area contributed by atoms with Gasteiger partial charge >= 0.3 is 0 Å². The second-order valence-electron chi connectivity index (χ2n) is 10.7. The molecule has 0 radical (unpaired) electrons. The predicted molar refractivity (Wildman–Crippen MR) is 117 cm³/mol. The third-order valence-corrected chi connectivity index (χ3v) is 9.18. The standard InChI is InChI=1S/C26H45NO/c28-25(27-24-19-11-4-12-20-24)26(21-13-5-1-6-14-21,22-15-7-2-8-16-22)23-17-9-3-10-18-23/h21-24H,1-20H2,(H,27,28). The van der Waals surface area contributed by atoms with Gasteiger partial charge in [0.15, 0.2) is 0 Å². The summed E-state index contributed by atoms with van der Waals surface area (Å²) in [5.41, 5.74) is -0.0291. The van der Waals surface area contributed by atoms with Crippen LogP contribution >= 0.6 is 0 Å². The van der Waals surface area contributed by atoms with Crippen LogP contribution in [-0.4, -0.2) is 11.9 Å². The zero-order valence-corrected chi connectivity index (χ0v) is 18.4. The minimum atomic E-state index is -0.0291. The van der Waals surface area contributed by atoms with Crippen molar-refractivity contribution in [3.05, 3.63) is 0 Å². The summed E-state index contributed by atoms with van der Waals surface area (Å²) in [5, 5.41) is 3.71. The molecule has 4 saturated carbocycles. The zero-order chi connectivity index (χ0) is 19.2. The Balaban J connectivity index is 1.65. The van der Waals surface area contributed by atoms with Crippen molar-refractivity contribution in [3.63, 3.8) is 0 Å². The first-order chi connectivity index (χ1) is 13.8. The lowest BCUT2D eigenvalue weighted by atomic mass is 9.51. The minimum Gasteiger partial charge on any atom is -0.353 e. The molecule has 28 heavy (non-hydrogen) atoms. The Hall–Kier alpha value is -0.530. The monoisotopic (exact) mass is 387 g/mol. The lowest BCUT2D eigenvalue weighted by Crippen LogP contribution is -2.58. The molecule has 0 aromatic rings. The van der Waals surface area contributed by atoms with E-state index < -0.39 is 0 Å². The number of carbonyl (C=O) groups is 1. The van der Waals surface area contributed by atoms with Crippen LogP contribution in [0.4, 0.5) is 0 Å². The van der Waals surface area contributed by atoms with Gasteiger partial charge in [0.05, 0.1) is 5.41 Å². The van der Waals surface area contributed by atoms with E-state index in [0.717, 1.165) is 0 Å². The van der Waals surface area contributed by atoms with E-state index in [4.69, 9.17) is 0 Å². The summed E-state index contributed by atoms with van der Waals surface area (Å²) < 4.78 is 0. The van der Waals surface area contributed by atoms with Crippen LogP contribution in [0.5, 0.6) is 0 Å². The van der Waals surface area contributed by atoms with Gasteiger partial charge in [0.1, 0.15) is 0 Å². The molecule has 0 spiro atoms. The summed E-state index contributed by atoms with van der Waals surface area (Å²) in [6.45, 7) is 0. The molecule has 160 valence electrons. The number of nitrogens with one attached hydrogen (secondary N) is 1. The largest absolute Gasteiger partial charge is 0.353 e. The average Bonchev–Trinajstić information content (AvgIpc) is 2.77.